The van der Waals surface area contributed by atoms with E-state index in [1.54, 1.807) is 0 Å². The lowest BCUT2D eigenvalue weighted by molar-refractivity contribution is -0.120. The molecule has 1 spiro atoms. The molecule has 5 heteroatoms. The third-order valence-electron chi connectivity index (χ3n) is 3.24. The van der Waals surface area contributed by atoms with Crippen LogP contribution in [-0.4, -0.2) is 22.1 Å². The molecule has 2 aliphatic rings. The Labute approximate surface area is 104 Å². The minimum absolute atomic E-state index is 0.0307. The van der Waals surface area contributed by atoms with Gasteiger partial charge in [-0.15, -0.1) is 0 Å². The predicted octanol–water partition coefficient (Wildman–Crippen LogP) is 1.52. The molecule has 0 aromatic heterocycles. The zero-order valence-corrected chi connectivity index (χ0v) is 11.0. The minimum atomic E-state index is -0.0985. The molecule has 0 radical (unpaired) electrons. The van der Waals surface area contributed by atoms with Crippen LogP contribution in [0.4, 0.5) is 0 Å². The van der Waals surface area contributed by atoms with Gasteiger partial charge in [-0.05, 0) is 40.8 Å². The van der Waals surface area contributed by atoms with Gasteiger partial charge in [0.1, 0.15) is 5.70 Å². The number of hydrogen-bond donors (Lipinski definition) is 3. The first-order chi connectivity index (χ1) is 7.44. The first-order valence-electron chi connectivity index (χ1n) is 5.49. The van der Waals surface area contributed by atoms with Crippen LogP contribution in [0, 0.1) is 11.3 Å². The van der Waals surface area contributed by atoms with Crippen molar-refractivity contribution in [1.29, 1.82) is 5.41 Å². The van der Waals surface area contributed by atoms with Crippen LogP contribution in [-0.2, 0) is 4.79 Å². The third kappa shape index (κ3) is 2.00. The van der Waals surface area contributed by atoms with E-state index in [4.69, 9.17) is 5.41 Å². The molecule has 0 aromatic rings. The Kier molecular flexibility index (Phi) is 2.82. The number of carbonyl (C=O) groups is 1. The monoisotopic (exact) mass is 285 g/mol. The molecule has 1 saturated carbocycles. The molecule has 1 saturated heterocycles. The summed E-state index contributed by atoms with van der Waals surface area (Å²) in [5, 5.41) is 13.7. The lowest BCUT2D eigenvalue weighted by Gasteiger charge is -2.38. The van der Waals surface area contributed by atoms with Crippen molar-refractivity contribution in [3.8, 4) is 0 Å². The number of hydrogen-bond acceptors (Lipinski definition) is 3. The fraction of sp³-hybridized carbons (Fsp3) is 0.636. The van der Waals surface area contributed by atoms with Gasteiger partial charge in [0, 0.05) is 0 Å². The summed E-state index contributed by atoms with van der Waals surface area (Å²) in [4.78, 5) is 11.8. The normalized spacial score (nSPS) is 29.1. The standard InChI is InChI=1S/C11H16BrN3O/c1-6(2)9-11(3-4-11)15-10(16)7(14-9)5-8(12)13/h5-6,9,13-14H,3-4H2,1-2H3,(H,15,16)/b7-5-,13-8?. The first kappa shape index (κ1) is 11.6. The molecule has 1 amide bonds. The molecular weight excluding hydrogens is 270 g/mol. The summed E-state index contributed by atoms with van der Waals surface area (Å²) >= 11 is 3.03. The summed E-state index contributed by atoms with van der Waals surface area (Å²) in [5.74, 6) is 0.356. The highest BCUT2D eigenvalue weighted by Crippen LogP contribution is 2.43. The van der Waals surface area contributed by atoms with E-state index in [0.717, 1.165) is 12.8 Å². The molecule has 1 aliphatic heterocycles. The second kappa shape index (κ2) is 3.87. The van der Waals surface area contributed by atoms with Crippen LogP contribution in [0.15, 0.2) is 11.8 Å². The van der Waals surface area contributed by atoms with Crippen molar-refractivity contribution in [3.63, 3.8) is 0 Å². The number of nitrogens with one attached hydrogen (secondary N) is 3. The molecule has 16 heavy (non-hydrogen) atoms. The van der Waals surface area contributed by atoms with E-state index in [2.05, 4.69) is 40.4 Å². The fourth-order valence-electron chi connectivity index (χ4n) is 2.35. The van der Waals surface area contributed by atoms with Crippen LogP contribution in [0.5, 0.6) is 0 Å². The van der Waals surface area contributed by atoms with Gasteiger partial charge in [0.05, 0.1) is 16.2 Å². The number of amides is 1. The second-order valence-electron chi connectivity index (χ2n) is 4.88. The second-order valence-corrected chi connectivity index (χ2v) is 5.74. The van der Waals surface area contributed by atoms with Gasteiger partial charge in [0.2, 0.25) is 0 Å². The van der Waals surface area contributed by atoms with Gasteiger partial charge >= 0.3 is 0 Å². The van der Waals surface area contributed by atoms with Crippen molar-refractivity contribution in [2.45, 2.75) is 38.3 Å². The van der Waals surface area contributed by atoms with E-state index >= 15 is 0 Å². The average molecular weight is 286 g/mol. The lowest BCUT2D eigenvalue weighted by atomic mass is 9.91. The van der Waals surface area contributed by atoms with E-state index in [1.807, 2.05) is 0 Å². The number of rotatable bonds is 2. The maximum absolute atomic E-state index is 11.8. The van der Waals surface area contributed by atoms with Gasteiger partial charge in [0.25, 0.3) is 5.91 Å². The number of halogens is 1. The van der Waals surface area contributed by atoms with Gasteiger partial charge in [-0.1, -0.05) is 13.8 Å². The van der Waals surface area contributed by atoms with Gasteiger partial charge in [-0.25, -0.2) is 0 Å². The van der Waals surface area contributed by atoms with Crippen molar-refractivity contribution >= 4 is 26.5 Å². The molecule has 1 aliphatic carbocycles. The maximum atomic E-state index is 11.8. The molecule has 2 fully saturated rings. The smallest absolute Gasteiger partial charge is 0.267 e. The minimum Gasteiger partial charge on any atom is -0.375 e. The molecule has 4 nitrogen and oxygen atoms in total. The van der Waals surface area contributed by atoms with Gasteiger partial charge in [0.15, 0.2) is 0 Å². The summed E-state index contributed by atoms with van der Waals surface area (Å²) in [5.41, 5.74) is 0.454. The number of allylic oxidation sites excluding steroid dienone is 1. The Morgan fingerprint density at radius 3 is 2.69 bits per heavy atom. The number of carbonyl (C=O) groups excluding carboxylic acids is 1. The van der Waals surface area contributed by atoms with Crippen LogP contribution >= 0.6 is 15.9 Å². The first-order valence-corrected chi connectivity index (χ1v) is 6.29. The topological polar surface area (TPSA) is 65.0 Å². The Bertz CT molecular complexity index is 371. The Hall–Kier alpha value is -0.840. The van der Waals surface area contributed by atoms with Crippen LogP contribution < -0.4 is 10.6 Å². The quantitative estimate of drug-likeness (QED) is 0.532. The van der Waals surface area contributed by atoms with Gasteiger partial charge in [-0.2, -0.15) is 0 Å². The zero-order valence-electron chi connectivity index (χ0n) is 9.43. The van der Waals surface area contributed by atoms with E-state index in [-0.39, 0.29) is 22.1 Å². The molecule has 3 N–H and O–H groups in total. The Balaban J connectivity index is 2.22. The van der Waals surface area contributed by atoms with Crippen molar-refractivity contribution in [1.82, 2.24) is 10.6 Å². The van der Waals surface area contributed by atoms with Crippen LogP contribution in [0.1, 0.15) is 26.7 Å². The molecule has 1 heterocycles. The molecule has 2 rings (SSSR count). The largest absolute Gasteiger partial charge is 0.375 e. The molecule has 0 aromatic carbocycles. The highest BCUT2D eigenvalue weighted by atomic mass is 79.9. The Morgan fingerprint density at radius 1 is 1.62 bits per heavy atom. The zero-order chi connectivity index (χ0) is 11.9. The van der Waals surface area contributed by atoms with Gasteiger partial charge in [-0.3, -0.25) is 10.2 Å². The molecule has 1 atom stereocenters. The summed E-state index contributed by atoms with van der Waals surface area (Å²) in [6.45, 7) is 4.29. The summed E-state index contributed by atoms with van der Waals surface area (Å²) in [6, 6.07) is 0.267. The van der Waals surface area contributed by atoms with Crippen molar-refractivity contribution < 1.29 is 4.79 Å². The van der Waals surface area contributed by atoms with E-state index < -0.39 is 0 Å². The third-order valence-corrected chi connectivity index (χ3v) is 3.47. The molecule has 1 unspecified atom stereocenters. The molecule has 0 bridgehead atoms. The van der Waals surface area contributed by atoms with E-state index in [1.165, 1.54) is 6.08 Å². The maximum Gasteiger partial charge on any atom is 0.267 e. The summed E-state index contributed by atoms with van der Waals surface area (Å²) < 4.78 is 0.208. The summed E-state index contributed by atoms with van der Waals surface area (Å²) in [6.07, 6.45) is 3.61. The predicted molar refractivity (Wildman–Crippen MR) is 66.6 cm³/mol. The van der Waals surface area contributed by atoms with E-state index in [0.29, 0.717) is 11.6 Å². The lowest BCUT2D eigenvalue weighted by Crippen LogP contribution is -2.61. The van der Waals surface area contributed by atoms with Crippen LogP contribution in [0.2, 0.25) is 0 Å². The average Bonchev–Trinajstić information content (AvgIpc) is 2.89. The van der Waals surface area contributed by atoms with Crippen molar-refractivity contribution in [2.24, 2.45) is 5.92 Å². The fourth-order valence-corrected chi connectivity index (χ4v) is 2.58. The molecule has 88 valence electrons. The van der Waals surface area contributed by atoms with Crippen LogP contribution in [0.3, 0.4) is 0 Å². The highest BCUT2D eigenvalue weighted by Gasteiger charge is 2.54. The number of piperazine rings is 1. The summed E-state index contributed by atoms with van der Waals surface area (Å²) in [7, 11) is 0. The van der Waals surface area contributed by atoms with Crippen molar-refractivity contribution in [2.75, 3.05) is 0 Å². The SMILES string of the molecule is CC(C)C1N/C(=C\C(=N)Br)C(=O)NC12CC2. The Morgan fingerprint density at radius 2 is 2.25 bits per heavy atom. The van der Waals surface area contributed by atoms with Crippen LogP contribution in [0.25, 0.3) is 0 Å². The van der Waals surface area contributed by atoms with Crippen molar-refractivity contribution in [3.05, 3.63) is 11.8 Å². The highest BCUT2D eigenvalue weighted by molar-refractivity contribution is 9.18. The van der Waals surface area contributed by atoms with Gasteiger partial charge < -0.3 is 10.6 Å². The van der Waals surface area contributed by atoms with E-state index in [9.17, 15) is 4.79 Å². The molecular formula is C11H16BrN3O.